The molecular formula is C19H22FIN4O2. The third kappa shape index (κ3) is 5.15. The van der Waals surface area contributed by atoms with Crippen molar-refractivity contribution < 1.29 is 9.31 Å². The number of halogens is 2. The van der Waals surface area contributed by atoms with E-state index >= 15 is 0 Å². The summed E-state index contributed by atoms with van der Waals surface area (Å²) in [6.07, 6.45) is 1.98. The number of nitro groups is 1. The zero-order chi connectivity index (χ0) is 18.6. The van der Waals surface area contributed by atoms with Crippen LogP contribution in [0.15, 0.2) is 53.5 Å². The van der Waals surface area contributed by atoms with Gasteiger partial charge in [-0.2, -0.15) is 0 Å². The van der Waals surface area contributed by atoms with Crippen LogP contribution in [0.3, 0.4) is 0 Å². The Balaban J connectivity index is 0.00000261. The number of guanidine groups is 1. The van der Waals surface area contributed by atoms with E-state index in [1.54, 1.807) is 37.4 Å². The van der Waals surface area contributed by atoms with Crippen molar-refractivity contribution in [2.75, 3.05) is 13.6 Å². The first kappa shape index (κ1) is 21.1. The Kier molecular flexibility index (Phi) is 7.11. The summed E-state index contributed by atoms with van der Waals surface area (Å²) in [6.45, 7) is 0.927. The average molecular weight is 484 g/mol. The van der Waals surface area contributed by atoms with Crippen molar-refractivity contribution >= 4 is 35.6 Å². The van der Waals surface area contributed by atoms with Gasteiger partial charge in [0.15, 0.2) is 5.96 Å². The fourth-order valence-corrected chi connectivity index (χ4v) is 3.03. The zero-order valence-corrected chi connectivity index (χ0v) is 17.3. The third-order valence-electron chi connectivity index (χ3n) is 4.74. The Bertz CT molecular complexity index is 840. The Morgan fingerprint density at radius 1 is 1.22 bits per heavy atom. The minimum atomic E-state index is -0.393. The average Bonchev–Trinajstić information content (AvgIpc) is 3.43. The minimum Gasteiger partial charge on any atom is -0.356 e. The molecule has 0 heterocycles. The SMILES string of the molecule is CN=C(NCc1ccccc1[N+](=O)[O-])NCC1(c2cccc(F)c2)CC1.I. The van der Waals surface area contributed by atoms with Crippen LogP contribution >= 0.6 is 24.0 Å². The molecule has 1 aliphatic rings. The smallest absolute Gasteiger partial charge is 0.274 e. The van der Waals surface area contributed by atoms with E-state index in [-0.39, 0.29) is 40.9 Å². The molecule has 2 N–H and O–H groups in total. The normalized spacial score (nSPS) is 14.8. The molecule has 0 unspecified atom stereocenters. The number of hydrogen-bond acceptors (Lipinski definition) is 3. The number of hydrogen-bond donors (Lipinski definition) is 2. The lowest BCUT2D eigenvalue weighted by molar-refractivity contribution is -0.385. The number of aliphatic imine (C=N–C) groups is 1. The highest BCUT2D eigenvalue weighted by atomic mass is 127. The Hall–Kier alpha value is -2.23. The summed E-state index contributed by atoms with van der Waals surface area (Å²) in [5.41, 5.74) is 1.58. The van der Waals surface area contributed by atoms with Crippen molar-refractivity contribution in [3.8, 4) is 0 Å². The first-order chi connectivity index (χ1) is 12.5. The predicted octanol–water partition coefficient (Wildman–Crippen LogP) is 3.75. The summed E-state index contributed by atoms with van der Waals surface area (Å²) in [6, 6.07) is 13.3. The van der Waals surface area contributed by atoms with Gasteiger partial charge in [-0.3, -0.25) is 15.1 Å². The van der Waals surface area contributed by atoms with Gasteiger partial charge in [0.25, 0.3) is 5.69 Å². The fraction of sp³-hybridized carbons (Fsp3) is 0.316. The molecule has 2 aromatic rings. The standard InChI is InChI=1S/C19H21FN4O2.HI/c1-21-18(22-12-14-5-2-3-8-17(14)24(25)26)23-13-19(9-10-19)15-6-4-7-16(20)11-15;/h2-8,11H,9-10,12-13H2,1H3,(H2,21,22,23);1H. The second-order valence-electron chi connectivity index (χ2n) is 6.46. The zero-order valence-electron chi connectivity index (χ0n) is 14.9. The summed E-state index contributed by atoms with van der Waals surface area (Å²) in [5, 5.41) is 17.4. The lowest BCUT2D eigenvalue weighted by atomic mass is 9.96. The van der Waals surface area contributed by atoms with Crippen molar-refractivity contribution in [2.24, 2.45) is 4.99 Å². The van der Waals surface area contributed by atoms with Gasteiger partial charge >= 0.3 is 0 Å². The van der Waals surface area contributed by atoms with Gasteiger partial charge in [0.1, 0.15) is 5.82 Å². The van der Waals surface area contributed by atoms with E-state index in [1.165, 1.54) is 12.1 Å². The van der Waals surface area contributed by atoms with Gasteiger partial charge in [0.05, 0.1) is 4.92 Å². The molecule has 0 saturated heterocycles. The fourth-order valence-electron chi connectivity index (χ4n) is 3.03. The Labute approximate surface area is 174 Å². The third-order valence-corrected chi connectivity index (χ3v) is 4.74. The molecule has 1 aliphatic carbocycles. The second-order valence-corrected chi connectivity index (χ2v) is 6.46. The lowest BCUT2D eigenvalue weighted by Gasteiger charge is -2.19. The van der Waals surface area contributed by atoms with E-state index in [0.29, 0.717) is 24.6 Å². The van der Waals surface area contributed by atoms with Crippen molar-refractivity contribution in [1.82, 2.24) is 10.6 Å². The Morgan fingerprint density at radius 3 is 2.59 bits per heavy atom. The second kappa shape index (κ2) is 9.12. The first-order valence-corrected chi connectivity index (χ1v) is 8.47. The molecule has 0 bridgehead atoms. The number of para-hydroxylation sites is 1. The monoisotopic (exact) mass is 484 g/mol. The van der Waals surface area contributed by atoms with Crippen LogP contribution in [0.1, 0.15) is 24.0 Å². The van der Waals surface area contributed by atoms with E-state index in [0.717, 1.165) is 18.4 Å². The van der Waals surface area contributed by atoms with E-state index in [4.69, 9.17) is 0 Å². The van der Waals surface area contributed by atoms with Crippen LogP contribution in [0.5, 0.6) is 0 Å². The van der Waals surface area contributed by atoms with E-state index < -0.39 is 4.92 Å². The largest absolute Gasteiger partial charge is 0.356 e. The summed E-state index contributed by atoms with van der Waals surface area (Å²) in [4.78, 5) is 14.9. The number of nitro benzene ring substituents is 1. The molecule has 2 aromatic carbocycles. The number of benzene rings is 2. The molecule has 0 aliphatic heterocycles. The molecule has 27 heavy (non-hydrogen) atoms. The molecular weight excluding hydrogens is 462 g/mol. The molecule has 6 nitrogen and oxygen atoms in total. The van der Waals surface area contributed by atoms with Crippen LogP contribution in [0.4, 0.5) is 10.1 Å². The number of nitrogens with one attached hydrogen (secondary N) is 2. The van der Waals surface area contributed by atoms with Gasteiger partial charge in [0.2, 0.25) is 0 Å². The van der Waals surface area contributed by atoms with Gasteiger partial charge in [-0.25, -0.2) is 4.39 Å². The van der Waals surface area contributed by atoms with Crippen LogP contribution in [-0.2, 0) is 12.0 Å². The molecule has 0 atom stereocenters. The van der Waals surface area contributed by atoms with Gasteiger partial charge in [-0.15, -0.1) is 24.0 Å². The maximum Gasteiger partial charge on any atom is 0.274 e. The predicted molar refractivity (Wildman–Crippen MR) is 114 cm³/mol. The van der Waals surface area contributed by atoms with Crippen LogP contribution in [-0.4, -0.2) is 24.5 Å². The van der Waals surface area contributed by atoms with Crippen LogP contribution in [0.2, 0.25) is 0 Å². The highest BCUT2D eigenvalue weighted by Crippen LogP contribution is 2.47. The maximum atomic E-state index is 13.5. The highest BCUT2D eigenvalue weighted by molar-refractivity contribution is 14.0. The lowest BCUT2D eigenvalue weighted by Crippen LogP contribution is -2.41. The van der Waals surface area contributed by atoms with Gasteiger partial charge in [-0.05, 0) is 30.5 Å². The van der Waals surface area contributed by atoms with E-state index in [1.807, 2.05) is 6.07 Å². The highest BCUT2D eigenvalue weighted by Gasteiger charge is 2.44. The topological polar surface area (TPSA) is 79.6 Å². The van der Waals surface area contributed by atoms with E-state index in [9.17, 15) is 14.5 Å². The van der Waals surface area contributed by atoms with Crippen molar-refractivity contribution in [3.05, 3.63) is 75.6 Å². The molecule has 3 rings (SSSR count). The number of rotatable bonds is 6. The molecule has 0 amide bonds. The summed E-state index contributed by atoms with van der Waals surface area (Å²) in [7, 11) is 1.65. The number of nitrogens with zero attached hydrogens (tertiary/aromatic N) is 2. The molecule has 0 aromatic heterocycles. The van der Waals surface area contributed by atoms with Gasteiger partial charge in [-0.1, -0.05) is 30.3 Å². The van der Waals surface area contributed by atoms with Crippen LogP contribution in [0, 0.1) is 15.9 Å². The van der Waals surface area contributed by atoms with Crippen LogP contribution < -0.4 is 10.6 Å². The van der Waals surface area contributed by atoms with E-state index in [2.05, 4.69) is 15.6 Å². The summed E-state index contributed by atoms with van der Waals surface area (Å²) < 4.78 is 13.5. The molecule has 144 valence electrons. The Morgan fingerprint density at radius 2 is 1.96 bits per heavy atom. The maximum absolute atomic E-state index is 13.5. The van der Waals surface area contributed by atoms with Gasteiger partial charge < -0.3 is 10.6 Å². The van der Waals surface area contributed by atoms with Crippen molar-refractivity contribution in [2.45, 2.75) is 24.8 Å². The van der Waals surface area contributed by atoms with Crippen LogP contribution in [0.25, 0.3) is 0 Å². The first-order valence-electron chi connectivity index (χ1n) is 8.47. The van der Waals surface area contributed by atoms with Gasteiger partial charge in [0, 0.05) is 37.2 Å². The van der Waals surface area contributed by atoms with Crippen molar-refractivity contribution in [1.29, 1.82) is 0 Å². The minimum absolute atomic E-state index is 0. The quantitative estimate of drug-likeness (QED) is 0.215. The molecule has 0 spiro atoms. The van der Waals surface area contributed by atoms with Crippen molar-refractivity contribution in [3.63, 3.8) is 0 Å². The molecule has 0 radical (unpaired) electrons. The molecule has 1 fully saturated rings. The summed E-state index contributed by atoms with van der Waals surface area (Å²) in [5.74, 6) is 0.332. The molecule has 8 heteroatoms. The molecule has 1 saturated carbocycles. The summed E-state index contributed by atoms with van der Waals surface area (Å²) >= 11 is 0.